The number of hydrogen-bond donors (Lipinski definition) is 0. The van der Waals surface area contributed by atoms with Crippen molar-refractivity contribution in [2.24, 2.45) is 0 Å². The van der Waals surface area contributed by atoms with Crippen LogP contribution in [0.2, 0.25) is 5.02 Å². The fourth-order valence-electron chi connectivity index (χ4n) is 1.80. The Labute approximate surface area is 118 Å². The molecule has 0 aliphatic rings. The first-order valence-electron chi connectivity index (χ1n) is 6.17. The number of rotatable bonds is 4. The zero-order valence-corrected chi connectivity index (χ0v) is 11.7. The Morgan fingerprint density at radius 3 is 2.58 bits per heavy atom. The zero-order valence-electron chi connectivity index (χ0n) is 10.9. The van der Waals surface area contributed by atoms with Crippen molar-refractivity contribution in [3.8, 4) is 11.5 Å². The quantitative estimate of drug-likeness (QED) is 0.742. The standard InChI is InChI=1S/C16H15ClO2/c1-3-12-9-15(7-8-16(12)17)19-14-6-4-5-13(10-14)11(2)18/h4-10H,3H2,1-2H3. The van der Waals surface area contributed by atoms with Gasteiger partial charge in [0.15, 0.2) is 5.78 Å². The van der Waals surface area contributed by atoms with E-state index in [0.717, 1.165) is 22.8 Å². The van der Waals surface area contributed by atoms with Crippen molar-refractivity contribution in [3.05, 3.63) is 58.6 Å². The molecule has 0 aromatic heterocycles. The van der Waals surface area contributed by atoms with Gasteiger partial charge < -0.3 is 4.74 Å². The molecule has 0 atom stereocenters. The molecule has 2 aromatic carbocycles. The lowest BCUT2D eigenvalue weighted by Gasteiger charge is -2.09. The number of Topliss-reactive ketones (excluding diaryl/α,β-unsaturated/α-hetero) is 1. The van der Waals surface area contributed by atoms with E-state index in [1.54, 1.807) is 12.1 Å². The van der Waals surface area contributed by atoms with Gasteiger partial charge in [0.1, 0.15) is 11.5 Å². The molecule has 0 saturated heterocycles. The van der Waals surface area contributed by atoms with Gasteiger partial charge in [0.25, 0.3) is 0 Å². The summed E-state index contributed by atoms with van der Waals surface area (Å²) in [7, 11) is 0. The molecular weight excluding hydrogens is 260 g/mol. The number of carbonyl (C=O) groups excluding carboxylic acids is 1. The second-order valence-electron chi connectivity index (χ2n) is 4.29. The Morgan fingerprint density at radius 2 is 1.89 bits per heavy atom. The van der Waals surface area contributed by atoms with Crippen molar-refractivity contribution >= 4 is 17.4 Å². The minimum absolute atomic E-state index is 0.0239. The minimum Gasteiger partial charge on any atom is -0.457 e. The lowest BCUT2D eigenvalue weighted by molar-refractivity contribution is 0.101. The summed E-state index contributed by atoms with van der Waals surface area (Å²) in [5.41, 5.74) is 1.68. The first-order valence-corrected chi connectivity index (χ1v) is 6.55. The molecule has 0 spiro atoms. The lowest BCUT2D eigenvalue weighted by atomic mass is 10.1. The van der Waals surface area contributed by atoms with Crippen LogP contribution < -0.4 is 4.74 Å². The number of ketones is 1. The Bertz CT molecular complexity index is 605. The highest BCUT2D eigenvalue weighted by Crippen LogP contribution is 2.27. The van der Waals surface area contributed by atoms with Gasteiger partial charge in [0, 0.05) is 10.6 Å². The van der Waals surface area contributed by atoms with Crippen LogP contribution in [0.3, 0.4) is 0 Å². The van der Waals surface area contributed by atoms with E-state index in [-0.39, 0.29) is 5.78 Å². The molecule has 0 aliphatic heterocycles. The highest BCUT2D eigenvalue weighted by molar-refractivity contribution is 6.31. The summed E-state index contributed by atoms with van der Waals surface area (Å²) in [6, 6.07) is 12.7. The molecular formula is C16H15ClO2. The van der Waals surface area contributed by atoms with Gasteiger partial charge in [-0.05, 0) is 49.2 Å². The van der Waals surface area contributed by atoms with E-state index in [9.17, 15) is 4.79 Å². The normalized spacial score (nSPS) is 10.3. The zero-order chi connectivity index (χ0) is 13.8. The number of hydrogen-bond acceptors (Lipinski definition) is 2. The monoisotopic (exact) mass is 274 g/mol. The van der Waals surface area contributed by atoms with E-state index in [1.165, 1.54) is 6.92 Å². The first kappa shape index (κ1) is 13.6. The smallest absolute Gasteiger partial charge is 0.159 e. The average molecular weight is 275 g/mol. The summed E-state index contributed by atoms with van der Waals surface area (Å²) < 4.78 is 5.76. The molecule has 0 amide bonds. The first-order chi connectivity index (χ1) is 9.10. The highest BCUT2D eigenvalue weighted by Gasteiger charge is 2.04. The third-order valence-electron chi connectivity index (χ3n) is 2.87. The van der Waals surface area contributed by atoms with Crippen LogP contribution in [0, 0.1) is 0 Å². The van der Waals surface area contributed by atoms with Gasteiger partial charge in [-0.2, -0.15) is 0 Å². The summed E-state index contributed by atoms with van der Waals surface area (Å²) >= 11 is 6.07. The summed E-state index contributed by atoms with van der Waals surface area (Å²) in [5, 5.41) is 0.743. The molecule has 0 heterocycles. The summed E-state index contributed by atoms with van der Waals surface area (Å²) in [6.45, 7) is 3.58. The van der Waals surface area contributed by atoms with Gasteiger partial charge >= 0.3 is 0 Å². The molecule has 0 radical (unpaired) electrons. The topological polar surface area (TPSA) is 26.3 Å². The Morgan fingerprint density at radius 1 is 1.16 bits per heavy atom. The Kier molecular flexibility index (Phi) is 4.23. The lowest BCUT2D eigenvalue weighted by Crippen LogP contribution is -1.93. The van der Waals surface area contributed by atoms with Crippen LogP contribution in [-0.2, 0) is 6.42 Å². The molecule has 0 unspecified atom stereocenters. The van der Waals surface area contributed by atoms with Crippen molar-refractivity contribution in [1.82, 2.24) is 0 Å². The second-order valence-corrected chi connectivity index (χ2v) is 4.70. The number of halogens is 1. The molecule has 98 valence electrons. The van der Waals surface area contributed by atoms with Crippen LogP contribution in [0.15, 0.2) is 42.5 Å². The van der Waals surface area contributed by atoms with Gasteiger partial charge in [0.05, 0.1) is 0 Å². The molecule has 3 heteroatoms. The maximum Gasteiger partial charge on any atom is 0.159 e. The van der Waals surface area contributed by atoms with Crippen LogP contribution in [0.1, 0.15) is 29.8 Å². The predicted molar refractivity (Wildman–Crippen MR) is 77.4 cm³/mol. The van der Waals surface area contributed by atoms with Crippen LogP contribution >= 0.6 is 11.6 Å². The summed E-state index contributed by atoms with van der Waals surface area (Å²) in [4.78, 5) is 11.3. The van der Waals surface area contributed by atoms with Gasteiger partial charge in [-0.1, -0.05) is 30.7 Å². The molecule has 0 aliphatic carbocycles. The van der Waals surface area contributed by atoms with Crippen LogP contribution in [-0.4, -0.2) is 5.78 Å². The predicted octanol–water partition coefficient (Wildman–Crippen LogP) is 4.90. The second kappa shape index (κ2) is 5.89. The molecule has 2 aromatic rings. The highest BCUT2D eigenvalue weighted by atomic mass is 35.5. The van der Waals surface area contributed by atoms with E-state index in [1.807, 2.05) is 37.3 Å². The van der Waals surface area contributed by atoms with Crippen LogP contribution in [0.4, 0.5) is 0 Å². The SMILES string of the molecule is CCc1cc(Oc2cccc(C(C)=O)c2)ccc1Cl. The largest absolute Gasteiger partial charge is 0.457 e. The molecule has 2 rings (SSSR count). The van der Waals surface area contributed by atoms with Crippen molar-refractivity contribution in [2.75, 3.05) is 0 Å². The van der Waals surface area contributed by atoms with E-state index >= 15 is 0 Å². The third kappa shape index (κ3) is 3.36. The average Bonchev–Trinajstić information content (AvgIpc) is 2.41. The van der Waals surface area contributed by atoms with Crippen LogP contribution in [0.5, 0.6) is 11.5 Å². The Balaban J connectivity index is 2.26. The van der Waals surface area contributed by atoms with Crippen molar-refractivity contribution in [2.45, 2.75) is 20.3 Å². The van der Waals surface area contributed by atoms with Gasteiger partial charge in [0.2, 0.25) is 0 Å². The van der Waals surface area contributed by atoms with Gasteiger partial charge in [-0.25, -0.2) is 0 Å². The number of ether oxygens (including phenoxy) is 1. The number of carbonyl (C=O) groups is 1. The number of aryl methyl sites for hydroxylation is 1. The molecule has 0 N–H and O–H groups in total. The molecule has 19 heavy (non-hydrogen) atoms. The molecule has 0 bridgehead atoms. The molecule has 0 saturated carbocycles. The maximum absolute atomic E-state index is 11.3. The summed E-state index contributed by atoms with van der Waals surface area (Å²) in [6.07, 6.45) is 0.851. The van der Waals surface area contributed by atoms with Gasteiger partial charge in [-0.3, -0.25) is 4.79 Å². The minimum atomic E-state index is 0.0239. The van der Waals surface area contributed by atoms with Crippen molar-refractivity contribution in [1.29, 1.82) is 0 Å². The van der Waals surface area contributed by atoms with Crippen molar-refractivity contribution in [3.63, 3.8) is 0 Å². The van der Waals surface area contributed by atoms with Gasteiger partial charge in [-0.15, -0.1) is 0 Å². The molecule has 2 nitrogen and oxygen atoms in total. The third-order valence-corrected chi connectivity index (χ3v) is 3.24. The summed E-state index contributed by atoms with van der Waals surface area (Å²) in [5.74, 6) is 1.40. The fourth-order valence-corrected chi connectivity index (χ4v) is 2.05. The van der Waals surface area contributed by atoms with E-state index in [2.05, 4.69) is 0 Å². The fraction of sp³-hybridized carbons (Fsp3) is 0.188. The maximum atomic E-state index is 11.3. The number of benzene rings is 2. The van der Waals surface area contributed by atoms with E-state index < -0.39 is 0 Å². The van der Waals surface area contributed by atoms with E-state index in [4.69, 9.17) is 16.3 Å². The Hall–Kier alpha value is -1.80. The molecule has 0 fully saturated rings. The van der Waals surface area contributed by atoms with E-state index in [0.29, 0.717) is 11.3 Å². The van der Waals surface area contributed by atoms with Crippen LogP contribution in [0.25, 0.3) is 0 Å². The van der Waals surface area contributed by atoms with Crippen molar-refractivity contribution < 1.29 is 9.53 Å².